The number of rotatable bonds is 8. The van der Waals surface area contributed by atoms with Gasteiger partial charge >= 0.3 is 12.1 Å². The molecule has 2 N–H and O–H groups in total. The van der Waals surface area contributed by atoms with E-state index in [1.165, 1.54) is 7.11 Å². The molecule has 33 heavy (non-hydrogen) atoms. The fourth-order valence-corrected chi connectivity index (χ4v) is 3.99. The van der Waals surface area contributed by atoms with E-state index in [-0.39, 0.29) is 18.2 Å². The smallest absolute Gasteiger partial charge is 0.408 e. The summed E-state index contributed by atoms with van der Waals surface area (Å²) in [5, 5.41) is 14.5. The summed E-state index contributed by atoms with van der Waals surface area (Å²) in [6, 6.07) is 15.4. The zero-order valence-electron chi connectivity index (χ0n) is 18.9. The minimum Gasteiger partial charge on any atom is -0.467 e. The molecule has 3 atom stereocenters. The second kappa shape index (κ2) is 9.25. The van der Waals surface area contributed by atoms with Crippen LogP contribution in [0.5, 0.6) is 0 Å². The number of fused-ring (bicyclic) bond motifs is 1. The molecule has 3 aromatic rings. The van der Waals surface area contributed by atoms with Gasteiger partial charge in [-0.25, -0.2) is 9.59 Å². The second-order valence-corrected chi connectivity index (χ2v) is 8.60. The number of amides is 1. The number of esters is 1. The summed E-state index contributed by atoms with van der Waals surface area (Å²) >= 11 is 0. The van der Waals surface area contributed by atoms with Gasteiger partial charge in [-0.1, -0.05) is 48.5 Å². The van der Waals surface area contributed by atoms with Crippen LogP contribution in [-0.4, -0.2) is 47.6 Å². The third-order valence-corrected chi connectivity index (χ3v) is 6.06. The fraction of sp³-hybridized carbons (Fsp3) is 0.360. The van der Waals surface area contributed by atoms with Gasteiger partial charge in [-0.2, -0.15) is 0 Å². The van der Waals surface area contributed by atoms with Gasteiger partial charge in [-0.3, -0.25) is 0 Å². The van der Waals surface area contributed by atoms with Crippen molar-refractivity contribution in [1.82, 2.24) is 9.88 Å². The minimum atomic E-state index is -1.36. The zero-order chi connectivity index (χ0) is 23.6. The van der Waals surface area contributed by atoms with Gasteiger partial charge in [0.2, 0.25) is 0 Å². The molecule has 1 saturated heterocycles. The highest BCUT2D eigenvalue weighted by atomic mass is 16.6. The standard InChI is InChI=1S/C25H28N2O6/c1-25(2,20-15-32-20)27-13-18(17-11-7-8-12-19(17)27)22(28)21(23(29)31-3)26-24(30)33-14-16-9-5-4-6-10-16/h4-13,20-22,28H,14-15H2,1-3H3,(H,26,30)/t20-,21-,22+/m0/s1. The number of hydrogen-bond acceptors (Lipinski definition) is 6. The molecular weight excluding hydrogens is 424 g/mol. The predicted octanol–water partition coefficient (Wildman–Crippen LogP) is 3.28. The summed E-state index contributed by atoms with van der Waals surface area (Å²) in [5.74, 6) is -0.777. The third-order valence-electron chi connectivity index (χ3n) is 6.06. The molecule has 0 aliphatic carbocycles. The van der Waals surface area contributed by atoms with E-state index in [0.29, 0.717) is 12.2 Å². The zero-order valence-corrected chi connectivity index (χ0v) is 18.9. The maximum Gasteiger partial charge on any atom is 0.408 e. The molecule has 0 bridgehead atoms. The van der Waals surface area contributed by atoms with Crippen LogP contribution >= 0.6 is 0 Å². The molecule has 8 nitrogen and oxygen atoms in total. The number of nitrogens with one attached hydrogen (secondary N) is 1. The number of ether oxygens (including phenoxy) is 3. The maximum atomic E-state index is 12.5. The first kappa shape index (κ1) is 22.8. The Labute approximate surface area is 192 Å². The Hall–Kier alpha value is -3.36. The van der Waals surface area contributed by atoms with Crippen molar-refractivity contribution in [3.05, 3.63) is 71.9 Å². The molecule has 174 valence electrons. The molecule has 1 amide bonds. The number of methoxy groups -OCH3 is 1. The molecule has 1 aromatic heterocycles. The van der Waals surface area contributed by atoms with Crippen LogP contribution in [0.1, 0.15) is 31.1 Å². The van der Waals surface area contributed by atoms with Crippen molar-refractivity contribution in [2.24, 2.45) is 0 Å². The summed E-state index contributed by atoms with van der Waals surface area (Å²) in [7, 11) is 1.20. The quantitative estimate of drug-likeness (QED) is 0.402. The normalized spacial score (nSPS) is 17.3. The SMILES string of the molecule is COC(=O)[C@@H](NC(=O)OCc1ccccc1)[C@H](O)c1cn(C(C)(C)[C@@H]2CO2)c2ccccc12. The highest BCUT2D eigenvalue weighted by Crippen LogP contribution is 2.37. The third kappa shape index (κ3) is 4.72. The highest BCUT2D eigenvalue weighted by Gasteiger charge is 2.42. The van der Waals surface area contributed by atoms with Gasteiger partial charge in [-0.15, -0.1) is 0 Å². The summed E-state index contributed by atoms with van der Waals surface area (Å²) in [6.07, 6.45) is -0.322. The fourth-order valence-electron chi connectivity index (χ4n) is 3.99. The molecule has 8 heteroatoms. The molecule has 1 fully saturated rings. The lowest BCUT2D eigenvalue weighted by Crippen LogP contribution is -2.45. The number of nitrogens with zero attached hydrogens (tertiary/aromatic N) is 1. The van der Waals surface area contributed by atoms with Crippen molar-refractivity contribution < 1.29 is 28.9 Å². The highest BCUT2D eigenvalue weighted by molar-refractivity contribution is 5.87. The number of para-hydroxylation sites is 1. The number of carbonyl (C=O) groups excluding carboxylic acids is 2. The van der Waals surface area contributed by atoms with Crippen LogP contribution in [0.4, 0.5) is 4.79 Å². The number of epoxide rings is 1. The van der Waals surface area contributed by atoms with E-state index in [1.807, 2.05) is 65.4 Å². The number of benzene rings is 2. The molecule has 4 rings (SSSR count). The Morgan fingerprint density at radius 3 is 2.52 bits per heavy atom. The monoisotopic (exact) mass is 452 g/mol. The average Bonchev–Trinajstić information content (AvgIpc) is 3.62. The average molecular weight is 453 g/mol. The van der Waals surface area contributed by atoms with Gasteiger partial charge in [0, 0.05) is 22.7 Å². The molecule has 1 aliphatic heterocycles. The van der Waals surface area contributed by atoms with E-state index in [2.05, 4.69) is 19.2 Å². The predicted molar refractivity (Wildman–Crippen MR) is 122 cm³/mol. The van der Waals surface area contributed by atoms with E-state index in [0.717, 1.165) is 16.5 Å². The first-order valence-corrected chi connectivity index (χ1v) is 10.8. The van der Waals surface area contributed by atoms with Crippen LogP contribution in [0, 0.1) is 0 Å². The summed E-state index contributed by atoms with van der Waals surface area (Å²) in [6.45, 7) is 4.82. The largest absolute Gasteiger partial charge is 0.467 e. The number of aliphatic hydroxyl groups excluding tert-OH is 1. The van der Waals surface area contributed by atoms with Crippen molar-refractivity contribution in [2.75, 3.05) is 13.7 Å². The molecular formula is C25H28N2O6. The van der Waals surface area contributed by atoms with Crippen LogP contribution in [0.3, 0.4) is 0 Å². The first-order valence-electron chi connectivity index (χ1n) is 10.8. The van der Waals surface area contributed by atoms with Gasteiger partial charge in [-0.05, 0) is 25.5 Å². The van der Waals surface area contributed by atoms with Gasteiger partial charge < -0.3 is 29.2 Å². The van der Waals surface area contributed by atoms with Gasteiger partial charge in [0.05, 0.1) is 19.3 Å². The van der Waals surface area contributed by atoms with Crippen molar-refractivity contribution >= 4 is 23.0 Å². The van der Waals surface area contributed by atoms with E-state index in [9.17, 15) is 14.7 Å². The molecule has 1 aliphatic rings. The van der Waals surface area contributed by atoms with Crippen molar-refractivity contribution in [3.63, 3.8) is 0 Å². The second-order valence-electron chi connectivity index (χ2n) is 8.60. The van der Waals surface area contributed by atoms with Gasteiger partial charge in [0.25, 0.3) is 0 Å². The van der Waals surface area contributed by atoms with E-state index >= 15 is 0 Å². The lowest BCUT2D eigenvalue weighted by atomic mass is 10.0. The first-order chi connectivity index (χ1) is 15.8. The molecule has 2 heterocycles. The molecule has 0 spiro atoms. The Kier molecular flexibility index (Phi) is 6.40. The number of alkyl carbamates (subject to hydrolysis) is 1. The van der Waals surface area contributed by atoms with Gasteiger partial charge in [0.15, 0.2) is 6.04 Å². The van der Waals surface area contributed by atoms with E-state index in [4.69, 9.17) is 14.2 Å². The maximum absolute atomic E-state index is 12.5. The number of aliphatic hydroxyl groups is 1. The van der Waals surface area contributed by atoms with Crippen molar-refractivity contribution in [3.8, 4) is 0 Å². The Morgan fingerprint density at radius 1 is 1.18 bits per heavy atom. The molecule has 0 saturated carbocycles. The Bertz CT molecular complexity index is 1140. The lowest BCUT2D eigenvalue weighted by molar-refractivity contribution is -0.146. The summed E-state index contributed by atoms with van der Waals surface area (Å²) in [4.78, 5) is 24.9. The van der Waals surface area contributed by atoms with Crippen LogP contribution in [0.2, 0.25) is 0 Å². The summed E-state index contributed by atoms with van der Waals surface area (Å²) in [5.41, 5.74) is 1.83. The molecule has 2 aromatic carbocycles. The number of carbonyl (C=O) groups is 2. The van der Waals surface area contributed by atoms with Crippen LogP contribution < -0.4 is 5.32 Å². The van der Waals surface area contributed by atoms with Crippen LogP contribution in [-0.2, 0) is 31.2 Å². The topological polar surface area (TPSA) is 102 Å². The lowest BCUT2D eigenvalue weighted by Gasteiger charge is -2.26. The van der Waals surface area contributed by atoms with Crippen LogP contribution in [0.25, 0.3) is 10.9 Å². The minimum absolute atomic E-state index is 0.0333. The van der Waals surface area contributed by atoms with Crippen molar-refractivity contribution in [1.29, 1.82) is 0 Å². The van der Waals surface area contributed by atoms with Crippen LogP contribution in [0.15, 0.2) is 60.8 Å². The molecule has 0 unspecified atom stereocenters. The Morgan fingerprint density at radius 2 is 1.85 bits per heavy atom. The number of hydrogen-bond donors (Lipinski definition) is 2. The van der Waals surface area contributed by atoms with E-state index < -0.39 is 24.2 Å². The number of aromatic nitrogens is 1. The Balaban J connectivity index is 1.60. The summed E-state index contributed by atoms with van der Waals surface area (Å²) < 4.78 is 17.7. The molecule has 0 radical (unpaired) electrons. The van der Waals surface area contributed by atoms with Gasteiger partial charge in [0.1, 0.15) is 18.8 Å². The van der Waals surface area contributed by atoms with E-state index in [1.54, 1.807) is 0 Å². The van der Waals surface area contributed by atoms with Crippen molar-refractivity contribution in [2.45, 2.75) is 44.2 Å².